The van der Waals surface area contributed by atoms with Crippen molar-refractivity contribution in [1.29, 1.82) is 0 Å². The maximum absolute atomic E-state index is 5.92. The van der Waals surface area contributed by atoms with Gasteiger partial charge in [-0.3, -0.25) is 0 Å². The number of ether oxygens (including phenoxy) is 1. The van der Waals surface area contributed by atoms with E-state index < -0.39 is 0 Å². The lowest BCUT2D eigenvalue weighted by atomic mass is 9.99. The molecule has 1 fully saturated rings. The highest BCUT2D eigenvalue weighted by Crippen LogP contribution is 2.19. The molecule has 2 nitrogen and oxygen atoms in total. The summed E-state index contributed by atoms with van der Waals surface area (Å²) in [7, 11) is 0. The van der Waals surface area contributed by atoms with Gasteiger partial charge in [0.15, 0.2) is 0 Å². The predicted octanol–water partition coefficient (Wildman–Crippen LogP) is 3.43. The van der Waals surface area contributed by atoms with Crippen molar-refractivity contribution in [1.82, 2.24) is 5.32 Å². The van der Waals surface area contributed by atoms with Crippen molar-refractivity contribution in [3.63, 3.8) is 0 Å². The van der Waals surface area contributed by atoms with Crippen LogP contribution in [0.25, 0.3) is 0 Å². The van der Waals surface area contributed by atoms with E-state index in [0.717, 1.165) is 31.0 Å². The molecule has 100 valence electrons. The van der Waals surface area contributed by atoms with Crippen molar-refractivity contribution in [2.45, 2.75) is 44.8 Å². The topological polar surface area (TPSA) is 21.3 Å². The molecule has 2 rings (SSSR count). The van der Waals surface area contributed by atoms with Gasteiger partial charge >= 0.3 is 0 Å². The lowest BCUT2D eigenvalue weighted by molar-refractivity contribution is 0.0784. The fraction of sp³-hybridized carbons (Fsp3) is 0.600. The molecule has 1 N–H and O–H groups in total. The molecule has 1 aliphatic heterocycles. The van der Waals surface area contributed by atoms with Gasteiger partial charge in [0.25, 0.3) is 0 Å². The minimum absolute atomic E-state index is 0.368. The van der Waals surface area contributed by atoms with Crippen molar-refractivity contribution in [3.8, 4) is 0 Å². The summed E-state index contributed by atoms with van der Waals surface area (Å²) in [6, 6.07) is 8.57. The molecule has 1 aromatic carbocycles. The summed E-state index contributed by atoms with van der Waals surface area (Å²) in [6.07, 6.45) is 4.91. The second kappa shape index (κ2) is 7.13. The summed E-state index contributed by atoms with van der Waals surface area (Å²) < 4.78 is 5.82. The molecule has 2 unspecified atom stereocenters. The smallest absolute Gasteiger partial charge is 0.0732 e. The predicted molar refractivity (Wildman–Crippen MR) is 76.2 cm³/mol. The monoisotopic (exact) mass is 267 g/mol. The van der Waals surface area contributed by atoms with Crippen LogP contribution < -0.4 is 5.32 Å². The quantitative estimate of drug-likeness (QED) is 0.853. The second-order valence-corrected chi connectivity index (χ2v) is 5.38. The first-order valence-corrected chi connectivity index (χ1v) is 7.27. The van der Waals surface area contributed by atoms with Crippen molar-refractivity contribution in [2.24, 2.45) is 0 Å². The number of hydrogen-bond donors (Lipinski definition) is 1. The molecule has 1 heterocycles. The van der Waals surface area contributed by atoms with Gasteiger partial charge in [-0.2, -0.15) is 0 Å². The van der Waals surface area contributed by atoms with E-state index in [1.165, 1.54) is 18.4 Å². The van der Waals surface area contributed by atoms with E-state index in [4.69, 9.17) is 16.3 Å². The van der Waals surface area contributed by atoms with E-state index in [2.05, 4.69) is 24.4 Å². The molecule has 1 aliphatic rings. The van der Waals surface area contributed by atoms with E-state index >= 15 is 0 Å². The highest BCUT2D eigenvalue weighted by molar-refractivity contribution is 6.30. The highest BCUT2D eigenvalue weighted by atomic mass is 35.5. The molecule has 0 amide bonds. The van der Waals surface area contributed by atoms with Crippen LogP contribution >= 0.6 is 11.6 Å². The largest absolute Gasteiger partial charge is 0.377 e. The van der Waals surface area contributed by atoms with Crippen molar-refractivity contribution >= 4 is 11.6 Å². The highest BCUT2D eigenvalue weighted by Gasteiger charge is 2.25. The molecule has 1 saturated heterocycles. The zero-order chi connectivity index (χ0) is 12.8. The number of nitrogens with one attached hydrogen (secondary N) is 1. The average Bonchev–Trinajstić information content (AvgIpc) is 2.90. The molecule has 2 atom stereocenters. The Labute approximate surface area is 115 Å². The van der Waals surface area contributed by atoms with Gasteiger partial charge in [-0.25, -0.2) is 0 Å². The van der Waals surface area contributed by atoms with Crippen LogP contribution in [0.2, 0.25) is 5.02 Å². The first-order valence-electron chi connectivity index (χ1n) is 6.89. The van der Waals surface area contributed by atoms with Gasteiger partial charge in [-0.15, -0.1) is 0 Å². The van der Waals surface area contributed by atoms with E-state index in [1.807, 2.05) is 12.1 Å². The Morgan fingerprint density at radius 1 is 1.39 bits per heavy atom. The maximum atomic E-state index is 5.92. The summed E-state index contributed by atoms with van der Waals surface area (Å²) in [5, 5.41) is 4.42. The molecular weight excluding hydrogens is 246 g/mol. The molecule has 0 spiro atoms. The molecule has 1 aromatic rings. The molecule has 0 aliphatic carbocycles. The first kappa shape index (κ1) is 13.9. The van der Waals surface area contributed by atoms with Gasteiger partial charge in [0.1, 0.15) is 0 Å². The molecule has 0 bridgehead atoms. The Morgan fingerprint density at radius 3 is 2.78 bits per heavy atom. The lowest BCUT2D eigenvalue weighted by Crippen LogP contribution is -2.41. The first-order chi connectivity index (χ1) is 8.79. The third kappa shape index (κ3) is 3.98. The van der Waals surface area contributed by atoms with Crippen LogP contribution in [0.4, 0.5) is 0 Å². The number of rotatable bonds is 6. The van der Waals surface area contributed by atoms with Crippen LogP contribution in [0.15, 0.2) is 24.3 Å². The van der Waals surface area contributed by atoms with Crippen LogP contribution in [-0.4, -0.2) is 25.3 Å². The number of hydrogen-bond acceptors (Lipinski definition) is 2. The summed E-state index contributed by atoms with van der Waals surface area (Å²) in [5.74, 6) is 0. The fourth-order valence-electron chi connectivity index (χ4n) is 2.46. The molecule has 3 heteroatoms. The second-order valence-electron chi connectivity index (χ2n) is 4.94. The summed E-state index contributed by atoms with van der Waals surface area (Å²) >= 11 is 5.92. The lowest BCUT2D eigenvalue weighted by Gasteiger charge is -2.24. The molecule has 0 aromatic heterocycles. The maximum Gasteiger partial charge on any atom is 0.0732 e. The summed E-state index contributed by atoms with van der Waals surface area (Å²) in [4.78, 5) is 0. The Kier molecular flexibility index (Phi) is 5.48. The van der Waals surface area contributed by atoms with Gasteiger partial charge in [0, 0.05) is 17.7 Å². The van der Waals surface area contributed by atoms with E-state index in [-0.39, 0.29) is 0 Å². The Hall–Kier alpha value is -0.570. The Morgan fingerprint density at radius 2 is 2.17 bits per heavy atom. The van der Waals surface area contributed by atoms with E-state index in [9.17, 15) is 0 Å². The van der Waals surface area contributed by atoms with Crippen molar-refractivity contribution in [2.75, 3.05) is 13.2 Å². The van der Waals surface area contributed by atoms with Gasteiger partial charge in [0.05, 0.1) is 6.10 Å². The normalized spacial score (nSPS) is 21.1. The Bertz CT molecular complexity index is 346. The standard InChI is InChI=1S/C15H22ClNO/c1-2-9-17-14(15-4-3-10-18-15)11-12-5-7-13(16)8-6-12/h5-8,14-15,17H,2-4,9-11H2,1H3. The number of halogens is 1. The van der Waals surface area contributed by atoms with Crippen molar-refractivity contribution < 1.29 is 4.74 Å². The third-order valence-corrected chi connectivity index (χ3v) is 3.69. The van der Waals surface area contributed by atoms with Gasteiger partial charge in [-0.05, 0) is 49.9 Å². The zero-order valence-corrected chi connectivity index (χ0v) is 11.7. The van der Waals surface area contributed by atoms with Crippen LogP contribution in [0.3, 0.4) is 0 Å². The van der Waals surface area contributed by atoms with Crippen LogP contribution in [0.1, 0.15) is 31.7 Å². The van der Waals surface area contributed by atoms with Gasteiger partial charge in [-0.1, -0.05) is 30.7 Å². The SMILES string of the molecule is CCCNC(Cc1ccc(Cl)cc1)C1CCCO1. The summed E-state index contributed by atoms with van der Waals surface area (Å²) in [6.45, 7) is 4.16. The third-order valence-electron chi connectivity index (χ3n) is 3.44. The average molecular weight is 268 g/mol. The summed E-state index contributed by atoms with van der Waals surface area (Å²) in [5.41, 5.74) is 1.32. The zero-order valence-electron chi connectivity index (χ0n) is 11.0. The van der Waals surface area contributed by atoms with E-state index in [0.29, 0.717) is 12.1 Å². The van der Waals surface area contributed by atoms with Gasteiger partial charge in [0.2, 0.25) is 0 Å². The molecule has 0 radical (unpaired) electrons. The van der Waals surface area contributed by atoms with Gasteiger partial charge < -0.3 is 10.1 Å². The fourth-order valence-corrected chi connectivity index (χ4v) is 2.59. The van der Waals surface area contributed by atoms with E-state index in [1.54, 1.807) is 0 Å². The molecular formula is C15H22ClNO. The van der Waals surface area contributed by atoms with Crippen LogP contribution in [-0.2, 0) is 11.2 Å². The van der Waals surface area contributed by atoms with Crippen LogP contribution in [0, 0.1) is 0 Å². The Balaban J connectivity index is 1.97. The minimum Gasteiger partial charge on any atom is -0.377 e. The molecule has 0 saturated carbocycles. The number of benzene rings is 1. The van der Waals surface area contributed by atoms with Crippen molar-refractivity contribution in [3.05, 3.63) is 34.9 Å². The minimum atomic E-state index is 0.368. The molecule has 18 heavy (non-hydrogen) atoms. The van der Waals surface area contributed by atoms with Crippen LogP contribution in [0.5, 0.6) is 0 Å².